The number of hydrogen-bond acceptors (Lipinski definition) is 5. The molecule has 6 heteroatoms. The van der Waals surface area contributed by atoms with Crippen molar-refractivity contribution in [3.05, 3.63) is 182 Å². The average molecular weight is 737 g/mol. The zero-order valence-electron chi connectivity index (χ0n) is 36.0. The smallest absolute Gasteiger partial charge is 0.164 e. The van der Waals surface area contributed by atoms with Gasteiger partial charge in [-0.15, -0.1) is 0 Å². The fourth-order valence-electron chi connectivity index (χ4n) is 8.10. The molecule has 0 amide bonds. The molecule has 266 valence electrons. The summed E-state index contributed by atoms with van der Waals surface area (Å²) < 4.78 is 68.3. The van der Waals surface area contributed by atoms with Crippen LogP contribution in [-0.4, -0.2) is 19.5 Å². The van der Waals surface area contributed by atoms with E-state index < -0.39 is 0 Å². The molecule has 0 spiro atoms. The molecule has 12 rings (SSSR count). The van der Waals surface area contributed by atoms with Crippen LogP contribution in [0.3, 0.4) is 0 Å². The number of benzene rings is 8. The van der Waals surface area contributed by atoms with Gasteiger partial charge in [0.05, 0.1) is 24.9 Å². The third-order valence-corrected chi connectivity index (χ3v) is 10.6. The van der Waals surface area contributed by atoms with Crippen molar-refractivity contribution in [3.63, 3.8) is 0 Å². The molecule has 0 bridgehead atoms. The van der Waals surface area contributed by atoms with E-state index in [9.17, 15) is 2.74 Å². The van der Waals surface area contributed by atoms with Gasteiger partial charge in [0.15, 0.2) is 17.5 Å². The van der Waals surface area contributed by atoms with E-state index in [0.29, 0.717) is 56.6 Å². The van der Waals surface area contributed by atoms with Crippen molar-refractivity contribution < 1.29 is 17.1 Å². The maximum atomic E-state index is 9.24. The molecule has 0 saturated carbocycles. The quantitative estimate of drug-likeness (QED) is 0.176. The van der Waals surface area contributed by atoms with E-state index in [2.05, 4.69) is 0 Å². The van der Waals surface area contributed by atoms with Gasteiger partial charge in [-0.1, -0.05) is 133 Å². The van der Waals surface area contributed by atoms with Gasteiger partial charge in [-0.3, -0.25) is 0 Å². The summed E-state index contributed by atoms with van der Waals surface area (Å²) in [6, 6.07) is 44.7. The highest BCUT2D eigenvalue weighted by Crippen LogP contribution is 2.43. The standard InChI is InChI=1S/C51H30N4O2/c1-2-14-31(15-3-1)49-52-50(54-51(53-49)39-22-13-27-46-47(39)38-19-7-11-26-45(38)56-46)32-28-29-43(55-41-23-8-4-16-33(41)34-17-5-9-24-42(34)55)40(30-32)37-21-12-20-36-35-18-6-10-25-44(35)57-48(36)37/h1-30H/i4D,5D,16D,17D,23D,24D. The summed E-state index contributed by atoms with van der Waals surface area (Å²) in [4.78, 5) is 15.4. The van der Waals surface area contributed by atoms with Gasteiger partial charge < -0.3 is 13.4 Å². The summed E-state index contributed by atoms with van der Waals surface area (Å²) in [7, 11) is 0. The fraction of sp³-hybridized carbons (Fsp3) is 0. The Balaban J connectivity index is 1.19. The predicted octanol–water partition coefficient (Wildman–Crippen LogP) is 13.4. The molecule has 8 aromatic carbocycles. The lowest BCUT2D eigenvalue weighted by molar-refractivity contribution is 0.669. The van der Waals surface area contributed by atoms with Crippen molar-refractivity contribution in [2.75, 3.05) is 0 Å². The molecule has 0 fully saturated rings. The van der Waals surface area contributed by atoms with Crippen LogP contribution < -0.4 is 0 Å². The predicted molar refractivity (Wildman–Crippen MR) is 230 cm³/mol. The van der Waals surface area contributed by atoms with Gasteiger partial charge in [0.2, 0.25) is 0 Å². The van der Waals surface area contributed by atoms with Crippen molar-refractivity contribution in [1.82, 2.24) is 19.5 Å². The molecule has 0 radical (unpaired) electrons. The lowest BCUT2D eigenvalue weighted by Crippen LogP contribution is -2.02. The van der Waals surface area contributed by atoms with E-state index in [1.165, 1.54) is 12.1 Å². The van der Waals surface area contributed by atoms with E-state index in [0.717, 1.165) is 38.3 Å². The number of nitrogens with zero attached hydrogens (tertiary/aromatic N) is 4. The summed E-state index contributed by atoms with van der Waals surface area (Å²) in [5.41, 5.74) is 7.33. The minimum Gasteiger partial charge on any atom is -0.456 e. The Morgan fingerprint density at radius 2 is 1.04 bits per heavy atom. The van der Waals surface area contributed by atoms with Gasteiger partial charge in [-0.25, -0.2) is 15.0 Å². The Labute approximate surface area is 334 Å². The van der Waals surface area contributed by atoms with Crippen molar-refractivity contribution in [1.29, 1.82) is 0 Å². The van der Waals surface area contributed by atoms with Crippen molar-refractivity contribution in [2.45, 2.75) is 0 Å². The molecular formula is C51H30N4O2. The topological polar surface area (TPSA) is 69.9 Å². The van der Waals surface area contributed by atoms with Crippen LogP contribution in [0.1, 0.15) is 8.22 Å². The third-order valence-electron chi connectivity index (χ3n) is 10.6. The van der Waals surface area contributed by atoms with Gasteiger partial charge in [0.1, 0.15) is 22.3 Å². The molecule has 4 aromatic heterocycles. The van der Waals surface area contributed by atoms with Crippen LogP contribution in [-0.2, 0) is 0 Å². The van der Waals surface area contributed by atoms with Crippen LogP contribution in [0, 0.1) is 0 Å². The lowest BCUT2D eigenvalue weighted by Gasteiger charge is -2.16. The molecule has 0 saturated heterocycles. The number of para-hydroxylation sites is 5. The minimum atomic E-state index is -0.188. The first-order chi connectivity index (χ1) is 30.7. The Morgan fingerprint density at radius 3 is 1.82 bits per heavy atom. The second-order valence-electron chi connectivity index (χ2n) is 13.9. The maximum absolute atomic E-state index is 9.24. The third kappa shape index (κ3) is 4.87. The SMILES string of the molecule is [2H]c1cc([2H])c2c(c1[2H])c1c([2H])c([2H])cc([2H])c1n2-c1ccc(-c2nc(-c3ccccc3)nc(-c3cccc4oc5ccccc5c34)n2)cc1-c1cccc2c1oc1ccccc12. The maximum Gasteiger partial charge on any atom is 0.164 e. The van der Waals surface area contributed by atoms with Crippen molar-refractivity contribution in [2.24, 2.45) is 0 Å². The highest BCUT2D eigenvalue weighted by molar-refractivity contribution is 6.13. The molecular weight excluding hydrogens is 701 g/mol. The fourth-order valence-corrected chi connectivity index (χ4v) is 8.10. The van der Waals surface area contributed by atoms with E-state index >= 15 is 0 Å². The molecule has 0 N–H and O–H groups in total. The summed E-state index contributed by atoms with van der Waals surface area (Å²) in [5, 5.41) is 3.98. The molecule has 4 heterocycles. The van der Waals surface area contributed by atoms with Gasteiger partial charge >= 0.3 is 0 Å². The molecule has 0 unspecified atom stereocenters. The van der Waals surface area contributed by atoms with E-state index in [4.69, 9.17) is 29.3 Å². The van der Waals surface area contributed by atoms with Gasteiger partial charge in [0.25, 0.3) is 0 Å². The molecule has 0 aliphatic carbocycles. The Kier molecular flexibility index (Phi) is 5.64. The normalized spacial score (nSPS) is 13.3. The Hall–Kier alpha value is -7.83. The monoisotopic (exact) mass is 736 g/mol. The van der Waals surface area contributed by atoms with Gasteiger partial charge in [0, 0.05) is 60.1 Å². The number of hydrogen-bond donors (Lipinski definition) is 0. The second-order valence-corrected chi connectivity index (χ2v) is 13.9. The zero-order chi connectivity index (χ0) is 42.7. The molecule has 57 heavy (non-hydrogen) atoms. The van der Waals surface area contributed by atoms with E-state index in [-0.39, 0.29) is 58.1 Å². The highest BCUT2D eigenvalue weighted by atomic mass is 16.3. The van der Waals surface area contributed by atoms with Gasteiger partial charge in [-0.05, 0) is 48.5 Å². The molecule has 12 aromatic rings. The zero-order valence-corrected chi connectivity index (χ0v) is 30.0. The van der Waals surface area contributed by atoms with Gasteiger partial charge in [-0.2, -0.15) is 0 Å². The van der Waals surface area contributed by atoms with Crippen LogP contribution in [0.4, 0.5) is 0 Å². The Morgan fingerprint density at radius 1 is 0.421 bits per heavy atom. The molecule has 6 nitrogen and oxygen atoms in total. The first-order valence-electron chi connectivity index (χ1n) is 21.5. The number of rotatable bonds is 5. The van der Waals surface area contributed by atoms with Crippen LogP contribution >= 0.6 is 0 Å². The van der Waals surface area contributed by atoms with Crippen LogP contribution in [0.25, 0.3) is 117 Å². The molecule has 0 aliphatic rings. The molecule has 0 aliphatic heterocycles. The van der Waals surface area contributed by atoms with E-state index in [1.807, 2.05) is 133 Å². The van der Waals surface area contributed by atoms with Crippen LogP contribution in [0.2, 0.25) is 0 Å². The van der Waals surface area contributed by atoms with Crippen molar-refractivity contribution >= 4 is 65.7 Å². The van der Waals surface area contributed by atoms with Crippen LogP contribution in [0.5, 0.6) is 0 Å². The number of fused-ring (bicyclic) bond motifs is 9. The minimum absolute atomic E-state index is 0.0555. The highest BCUT2D eigenvalue weighted by Gasteiger charge is 2.22. The summed E-state index contributed by atoms with van der Waals surface area (Å²) in [6.07, 6.45) is 0. The Bertz CT molecular complexity index is 3820. The first kappa shape index (κ1) is 26.1. The first-order valence-corrected chi connectivity index (χ1v) is 18.5. The summed E-state index contributed by atoms with van der Waals surface area (Å²) in [5.74, 6) is 1.30. The summed E-state index contributed by atoms with van der Waals surface area (Å²) >= 11 is 0. The number of furan rings is 2. The van der Waals surface area contributed by atoms with E-state index in [1.54, 1.807) is 4.57 Å². The van der Waals surface area contributed by atoms with Crippen molar-refractivity contribution in [3.8, 4) is 51.0 Å². The average Bonchev–Trinajstić information content (AvgIpc) is 4.01. The largest absolute Gasteiger partial charge is 0.456 e. The molecule has 0 atom stereocenters. The second kappa shape index (κ2) is 12.3. The lowest BCUT2D eigenvalue weighted by atomic mass is 9.97. The number of aromatic nitrogens is 4. The van der Waals surface area contributed by atoms with Crippen LogP contribution in [0.15, 0.2) is 191 Å². The summed E-state index contributed by atoms with van der Waals surface area (Å²) in [6.45, 7) is 0.